The number of fused-ring (bicyclic) bond motifs is 3. The highest BCUT2D eigenvalue weighted by Gasteiger charge is 2.76. The molecule has 0 amide bonds. The predicted octanol–water partition coefficient (Wildman–Crippen LogP) is 4.86. The van der Waals surface area contributed by atoms with Gasteiger partial charge >= 0.3 is 5.97 Å². The Bertz CT molecular complexity index is 1040. The van der Waals surface area contributed by atoms with Gasteiger partial charge in [0.05, 0.1) is 5.41 Å². The summed E-state index contributed by atoms with van der Waals surface area (Å²) in [5.41, 5.74) is -2.05. The molecule has 35 heavy (non-hydrogen) atoms. The fourth-order valence-electron chi connectivity index (χ4n) is 7.33. The van der Waals surface area contributed by atoms with Gasteiger partial charge in [-0.3, -0.25) is 4.79 Å². The number of hydrogen-bond acceptors (Lipinski definition) is 5. The maximum absolute atomic E-state index is 14.2. The molecule has 4 rings (SSSR count). The minimum absolute atomic E-state index is 0.0399. The summed E-state index contributed by atoms with van der Waals surface area (Å²) in [5.74, 6) is -0.701. The van der Waals surface area contributed by atoms with E-state index in [0.717, 1.165) is 19.3 Å². The normalized spacial score (nSPS) is 41.9. The van der Waals surface area contributed by atoms with Gasteiger partial charge in [-0.2, -0.15) is 0 Å². The van der Waals surface area contributed by atoms with Gasteiger partial charge in [0.25, 0.3) is 0 Å². The van der Waals surface area contributed by atoms with Crippen molar-refractivity contribution in [3.8, 4) is 0 Å². The molecule has 5 nitrogen and oxygen atoms in total. The molecule has 0 aromatic rings. The molecular weight excluding hydrogens is 440 g/mol. The van der Waals surface area contributed by atoms with Crippen LogP contribution < -0.4 is 0 Å². The zero-order valence-corrected chi connectivity index (χ0v) is 21.8. The topological polar surface area (TPSA) is 83.8 Å². The molecule has 4 aliphatic carbocycles. The van der Waals surface area contributed by atoms with Gasteiger partial charge in [0, 0.05) is 12.0 Å². The number of ketones is 1. The second kappa shape index (κ2) is 9.01. The predicted molar refractivity (Wildman–Crippen MR) is 136 cm³/mol. The van der Waals surface area contributed by atoms with Crippen molar-refractivity contribution in [1.29, 1.82) is 0 Å². The standard InChI is InChI=1S/C30H40O5/c1-7-8-9-10-11-12-13-14-23(31)35-27-18(2)15-21-24-22(28(24,5)6)16-20(4)29(26(21)33)17-19(3)25(32)30(27,29)34/h9-15,17,20-22,24-25,27,32,34H,7-8,16H2,1-6H3/t20-,21+,22-,24+,25+,27-,29+,30-/m1/s1. The van der Waals surface area contributed by atoms with Crippen molar-refractivity contribution < 1.29 is 24.5 Å². The molecule has 0 aromatic carbocycles. The molecule has 0 saturated heterocycles. The van der Waals surface area contributed by atoms with Crippen LogP contribution in [0.5, 0.6) is 0 Å². The van der Waals surface area contributed by atoms with Gasteiger partial charge in [-0.25, -0.2) is 4.79 Å². The number of ether oxygens (including phenoxy) is 1. The molecule has 1 spiro atoms. The fraction of sp³-hybridized carbons (Fsp3) is 0.600. The van der Waals surface area contributed by atoms with E-state index in [-0.39, 0.29) is 29.0 Å². The van der Waals surface area contributed by atoms with E-state index in [2.05, 4.69) is 26.8 Å². The van der Waals surface area contributed by atoms with Gasteiger partial charge in [0.2, 0.25) is 0 Å². The van der Waals surface area contributed by atoms with Crippen LogP contribution in [0.4, 0.5) is 0 Å². The first-order valence-electron chi connectivity index (χ1n) is 13.0. The summed E-state index contributed by atoms with van der Waals surface area (Å²) >= 11 is 0. The minimum Gasteiger partial charge on any atom is -0.451 e. The summed E-state index contributed by atoms with van der Waals surface area (Å²) in [6.45, 7) is 12.1. The smallest absolute Gasteiger partial charge is 0.331 e. The van der Waals surface area contributed by atoms with Gasteiger partial charge in [-0.1, -0.05) is 76.6 Å². The van der Waals surface area contributed by atoms with Gasteiger partial charge in [-0.15, -0.1) is 0 Å². The average molecular weight is 481 g/mol. The molecule has 2 bridgehead atoms. The minimum atomic E-state index is -1.95. The summed E-state index contributed by atoms with van der Waals surface area (Å²) < 4.78 is 5.86. The summed E-state index contributed by atoms with van der Waals surface area (Å²) in [4.78, 5) is 27.1. The summed E-state index contributed by atoms with van der Waals surface area (Å²) in [6.07, 6.45) is 14.6. The molecule has 5 heteroatoms. The Morgan fingerprint density at radius 1 is 1.17 bits per heavy atom. The largest absolute Gasteiger partial charge is 0.451 e. The lowest BCUT2D eigenvalue weighted by atomic mass is 9.59. The highest BCUT2D eigenvalue weighted by atomic mass is 16.6. The number of carbonyl (C=O) groups excluding carboxylic acids is 2. The number of hydrogen-bond donors (Lipinski definition) is 2. The number of allylic oxidation sites excluding steroid dienone is 6. The number of carbonyl (C=O) groups is 2. The molecule has 4 aliphatic rings. The van der Waals surface area contributed by atoms with E-state index in [1.165, 1.54) is 6.08 Å². The van der Waals surface area contributed by atoms with E-state index < -0.39 is 29.2 Å². The summed E-state index contributed by atoms with van der Waals surface area (Å²) in [6, 6.07) is 0. The Kier molecular flexibility index (Phi) is 6.65. The molecule has 0 heterocycles. The summed E-state index contributed by atoms with van der Waals surface area (Å²) in [7, 11) is 0. The van der Waals surface area contributed by atoms with Crippen molar-refractivity contribution in [1.82, 2.24) is 0 Å². The maximum atomic E-state index is 14.2. The monoisotopic (exact) mass is 480 g/mol. The van der Waals surface area contributed by atoms with Crippen molar-refractivity contribution in [3.63, 3.8) is 0 Å². The lowest BCUT2D eigenvalue weighted by Crippen LogP contribution is -2.65. The maximum Gasteiger partial charge on any atom is 0.331 e. The molecular formula is C30H40O5. The van der Waals surface area contributed by atoms with Gasteiger partial charge in [0.15, 0.2) is 17.5 Å². The van der Waals surface area contributed by atoms with Crippen molar-refractivity contribution >= 4 is 11.8 Å². The van der Waals surface area contributed by atoms with Crippen LogP contribution in [0.1, 0.15) is 60.8 Å². The van der Waals surface area contributed by atoms with E-state index in [1.54, 1.807) is 32.1 Å². The number of esters is 1. The molecule has 190 valence electrons. The Hall–Kier alpha value is -2.24. The van der Waals surface area contributed by atoms with Crippen LogP contribution in [-0.2, 0) is 14.3 Å². The van der Waals surface area contributed by atoms with E-state index in [9.17, 15) is 19.8 Å². The lowest BCUT2D eigenvalue weighted by Gasteiger charge is -2.48. The molecule has 2 saturated carbocycles. The molecule has 2 fully saturated rings. The van der Waals surface area contributed by atoms with E-state index in [1.807, 2.05) is 25.2 Å². The lowest BCUT2D eigenvalue weighted by molar-refractivity contribution is -0.201. The van der Waals surface area contributed by atoms with E-state index in [4.69, 9.17) is 4.74 Å². The third-order valence-corrected chi connectivity index (χ3v) is 9.23. The van der Waals surface area contributed by atoms with Crippen LogP contribution in [0, 0.1) is 34.5 Å². The number of rotatable bonds is 6. The quantitative estimate of drug-likeness (QED) is 0.245. The molecule has 0 radical (unpaired) electrons. The Morgan fingerprint density at radius 2 is 1.86 bits per heavy atom. The first kappa shape index (κ1) is 25.8. The van der Waals surface area contributed by atoms with Crippen LogP contribution in [0.2, 0.25) is 0 Å². The van der Waals surface area contributed by atoms with Crippen molar-refractivity contribution in [2.75, 3.05) is 0 Å². The number of unbranched alkanes of at least 4 members (excludes halogenated alkanes) is 1. The van der Waals surface area contributed by atoms with Crippen LogP contribution in [0.15, 0.2) is 59.8 Å². The highest BCUT2D eigenvalue weighted by molar-refractivity contribution is 5.95. The molecule has 0 aromatic heterocycles. The second-order valence-electron chi connectivity index (χ2n) is 11.7. The van der Waals surface area contributed by atoms with Crippen LogP contribution >= 0.6 is 0 Å². The van der Waals surface area contributed by atoms with Crippen LogP contribution in [0.25, 0.3) is 0 Å². The first-order valence-corrected chi connectivity index (χ1v) is 13.0. The van der Waals surface area contributed by atoms with Crippen molar-refractivity contribution in [2.24, 2.45) is 34.5 Å². The Balaban J connectivity index is 1.70. The van der Waals surface area contributed by atoms with Gasteiger partial charge in [-0.05, 0) is 61.0 Å². The molecule has 0 unspecified atom stereocenters. The Morgan fingerprint density at radius 3 is 2.54 bits per heavy atom. The highest BCUT2D eigenvalue weighted by Crippen LogP contribution is 2.71. The van der Waals surface area contributed by atoms with E-state index in [0.29, 0.717) is 17.1 Å². The fourth-order valence-corrected chi connectivity index (χ4v) is 7.33. The van der Waals surface area contributed by atoms with Gasteiger partial charge < -0.3 is 14.9 Å². The third-order valence-electron chi connectivity index (χ3n) is 9.23. The third kappa shape index (κ3) is 3.74. The van der Waals surface area contributed by atoms with Gasteiger partial charge in [0.1, 0.15) is 6.10 Å². The SMILES string of the molecule is CCCC=CC=CC=CC(=O)O[C@@H]1C(C)=C[C@@H]2C(=O)[C@]3(C=C(C)[C@H](O)[C@@]13O)[C@H](C)C[C@@H]1[C@H]2C1(C)C. The summed E-state index contributed by atoms with van der Waals surface area (Å²) in [5, 5.41) is 23.6. The second-order valence-corrected chi connectivity index (χ2v) is 11.7. The van der Waals surface area contributed by atoms with Crippen molar-refractivity contribution in [2.45, 2.75) is 78.6 Å². The number of aliphatic hydroxyl groups excluding tert-OH is 1. The molecule has 0 aliphatic heterocycles. The van der Waals surface area contributed by atoms with E-state index >= 15 is 0 Å². The zero-order chi connectivity index (χ0) is 25.8. The Labute approximate surface area is 209 Å². The number of aliphatic hydroxyl groups is 2. The van der Waals surface area contributed by atoms with Crippen LogP contribution in [0.3, 0.4) is 0 Å². The molecule has 2 N–H and O–H groups in total. The van der Waals surface area contributed by atoms with Crippen molar-refractivity contribution in [3.05, 3.63) is 59.8 Å². The average Bonchev–Trinajstić information content (AvgIpc) is 3.30. The zero-order valence-electron chi connectivity index (χ0n) is 21.8. The number of Topliss-reactive ketones (excluding diaryl/α,β-unsaturated/α-hetero) is 1. The molecule has 8 atom stereocenters. The van der Waals surface area contributed by atoms with Crippen LogP contribution in [-0.4, -0.2) is 39.8 Å². The first-order chi connectivity index (χ1) is 16.4.